The van der Waals surface area contributed by atoms with E-state index in [4.69, 9.17) is 18.0 Å². The van der Waals surface area contributed by atoms with Crippen LogP contribution in [-0.2, 0) is 4.79 Å². The fourth-order valence-corrected chi connectivity index (χ4v) is 1.75. The Morgan fingerprint density at radius 2 is 2.41 bits per heavy atom. The number of nitrogens with zero attached hydrogens (tertiary/aromatic N) is 2. The highest BCUT2D eigenvalue weighted by atomic mass is 32.1. The van der Waals surface area contributed by atoms with Crippen molar-refractivity contribution in [2.24, 2.45) is 5.73 Å². The summed E-state index contributed by atoms with van der Waals surface area (Å²) in [5.74, 6) is 0.485. The Morgan fingerprint density at radius 1 is 1.65 bits per heavy atom. The number of carbonyl (C=O) groups excluding carboxylic acids is 1. The van der Waals surface area contributed by atoms with Gasteiger partial charge in [-0.3, -0.25) is 4.79 Å². The SMILES string of the molecule is Cc1cc(C(N)=S)nc(NC2CNC(=O)C2)n1. The Kier molecular flexibility index (Phi) is 3.19. The molecule has 1 amide bonds. The smallest absolute Gasteiger partial charge is 0.223 e. The normalized spacial score (nSPS) is 18.9. The van der Waals surface area contributed by atoms with E-state index >= 15 is 0 Å². The van der Waals surface area contributed by atoms with Crippen molar-refractivity contribution in [3.63, 3.8) is 0 Å². The molecule has 2 heterocycles. The van der Waals surface area contributed by atoms with Crippen molar-refractivity contribution in [3.05, 3.63) is 17.5 Å². The van der Waals surface area contributed by atoms with Gasteiger partial charge in [-0.1, -0.05) is 12.2 Å². The van der Waals surface area contributed by atoms with Gasteiger partial charge in [0.25, 0.3) is 0 Å². The highest BCUT2D eigenvalue weighted by molar-refractivity contribution is 7.80. The third kappa shape index (κ3) is 2.88. The molecule has 0 saturated carbocycles. The van der Waals surface area contributed by atoms with Crippen molar-refractivity contribution in [2.45, 2.75) is 19.4 Å². The summed E-state index contributed by atoms with van der Waals surface area (Å²) in [6.45, 7) is 2.42. The molecule has 7 heteroatoms. The minimum Gasteiger partial charge on any atom is -0.388 e. The number of hydrogen-bond donors (Lipinski definition) is 3. The van der Waals surface area contributed by atoms with Crippen LogP contribution in [0.25, 0.3) is 0 Å². The zero-order valence-corrected chi connectivity index (χ0v) is 10.2. The molecule has 1 aliphatic rings. The zero-order chi connectivity index (χ0) is 12.4. The first kappa shape index (κ1) is 11.7. The summed E-state index contributed by atoms with van der Waals surface area (Å²) in [5.41, 5.74) is 6.84. The summed E-state index contributed by atoms with van der Waals surface area (Å²) in [4.78, 5) is 19.7. The fraction of sp³-hybridized carbons (Fsp3) is 0.400. The Bertz CT molecular complexity index is 476. The summed E-state index contributed by atoms with van der Waals surface area (Å²) >= 11 is 4.88. The van der Waals surface area contributed by atoms with Crippen molar-refractivity contribution in [3.8, 4) is 0 Å². The lowest BCUT2D eigenvalue weighted by Gasteiger charge is -2.11. The summed E-state index contributed by atoms with van der Waals surface area (Å²) in [6, 6.07) is 1.74. The van der Waals surface area contributed by atoms with E-state index in [1.165, 1.54) is 0 Å². The highest BCUT2D eigenvalue weighted by Gasteiger charge is 2.22. The molecule has 0 aromatic carbocycles. The monoisotopic (exact) mass is 251 g/mol. The molecule has 1 fully saturated rings. The molecule has 1 aromatic heterocycles. The van der Waals surface area contributed by atoms with Crippen LogP contribution in [0.2, 0.25) is 0 Å². The molecule has 1 aromatic rings. The maximum Gasteiger partial charge on any atom is 0.223 e. The van der Waals surface area contributed by atoms with Crippen LogP contribution < -0.4 is 16.4 Å². The van der Waals surface area contributed by atoms with Crippen LogP contribution in [0.15, 0.2) is 6.07 Å². The summed E-state index contributed by atoms with van der Waals surface area (Å²) < 4.78 is 0. The van der Waals surface area contributed by atoms with Gasteiger partial charge in [0.2, 0.25) is 11.9 Å². The Labute approximate surface area is 104 Å². The van der Waals surface area contributed by atoms with Crippen LogP contribution in [0.3, 0.4) is 0 Å². The zero-order valence-electron chi connectivity index (χ0n) is 9.36. The van der Waals surface area contributed by atoms with Crippen molar-refractivity contribution in [1.82, 2.24) is 15.3 Å². The lowest BCUT2D eigenvalue weighted by atomic mass is 10.2. The summed E-state index contributed by atoms with van der Waals surface area (Å²) in [7, 11) is 0. The lowest BCUT2D eigenvalue weighted by Crippen LogP contribution is -2.24. The van der Waals surface area contributed by atoms with Crippen LogP contribution in [0, 0.1) is 6.92 Å². The van der Waals surface area contributed by atoms with Gasteiger partial charge in [0, 0.05) is 18.7 Å². The number of aromatic nitrogens is 2. The fourth-order valence-electron chi connectivity index (χ4n) is 1.65. The third-order valence-electron chi connectivity index (χ3n) is 2.42. The van der Waals surface area contributed by atoms with Crippen LogP contribution in [0.5, 0.6) is 0 Å². The van der Waals surface area contributed by atoms with E-state index in [9.17, 15) is 4.79 Å². The van der Waals surface area contributed by atoms with E-state index < -0.39 is 0 Å². The number of thiocarbonyl (C=S) groups is 1. The van der Waals surface area contributed by atoms with E-state index in [1.807, 2.05) is 6.92 Å². The number of anilines is 1. The predicted octanol–water partition coefficient (Wildman–Crippen LogP) is -0.280. The number of nitrogens with one attached hydrogen (secondary N) is 2. The molecule has 4 N–H and O–H groups in total. The molecule has 1 aliphatic heterocycles. The van der Waals surface area contributed by atoms with E-state index in [0.717, 1.165) is 5.69 Å². The Hall–Kier alpha value is -1.76. The largest absolute Gasteiger partial charge is 0.388 e. The lowest BCUT2D eigenvalue weighted by molar-refractivity contribution is -0.119. The quantitative estimate of drug-likeness (QED) is 0.640. The van der Waals surface area contributed by atoms with Gasteiger partial charge in [-0.05, 0) is 13.0 Å². The van der Waals surface area contributed by atoms with Gasteiger partial charge in [-0.2, -0.15) is 0 Å². The number of carbonyl (C=O) groups is 1. The summed E-state index contributed by atoms with van der Waals surface area (Å²) in [5, 5.41) is 5.82. The molecule has 1 unspecified atom stereocenters. The molecular weight excluding hydrogens is 238 g/mol. The highest BCUT2D eigenvalue weighted by Crippen LogP contribution is 2.09. The topological polar surface area (TPSA) is 92.9 Å². The number of nitrogens with two attached hydrogens (primary N) is 1. The minimum atomic E-state index is 0.0171. The molecule has 0 bridgehead atoms. The average Bonchev–Trinajstić information content (AvgIpc) is 2.63. The maximum absolute atomic E-state index is 11.1. The van der Waals surface area contributed by atoms with Crippen LogP contribution in [0.1, 0.15) is 17.8 Å². The molecule has 1 atom stereocenters. The van der Waals surface area contributed by atoms with Gasteiger partial charge >= 0.3 is 0 Å². The van der Waals surface area contributed by atoms with Crippen molar-refractivity contribution in [2.75, 3.05) is 11.9 Å². The van der Waals surface area contributed by atoms with E-state index in [0.29, 0.717) is 24.6 Å². The van der Waals surface area contributed by atoms with Crippen molar-refractivity contribution in [1.29, 1.82) is 0 Å². The van der Waals surface area contributed by atoms with Gasteiger partial charge in [-0.25, -0.2) is 9.97 Å². The molecule has 90 valence electrons. The molecule has 0 aliphatic carbocycles. The van der Waals surface area contributed by atoms with Crippen LogP contribution in [0.4, 0.5) is 5.95 Å². The van der Waals surface area contributed by atoms with Crippen molar-refractivity contribution < 1.29 is 4.79 Å². The van der Waals surface area contributed by atoms with Crippen molar-refractivity contribution >= 4 is 29.1 Å². The number of hydrogen-bond acceptors (Lipinski definition) is 5. The summed E-state index contributed by atoms with van der Waals surface area (Å²) in [6.07, 6.45) is 0.430. The predicted molar refractivity (Wildman–Crippen MR) is 67.7 cm³/mol. The molecule has 17 heavy (non-hydrogen) atoms. The van der Waals surface area contributed by atoms with Gasteiger partial charge in [0.05, 0.1) is 6.04 Å². The first-order valence-electron chi connectivity index (χ1n) is 5.23. The number of aryl methyl sites for hydroxylation is 1. The second-order valence-electron chi connectivity index (χ2n) is 3.93. The second-order valence-corrected chi connectivity index (χ2v) is 4.37. The molecule has 0 radical (unpaired) electrons. The van der Waals surface area contributed by atoms with Crippen LogP contribution >= 0.6 is 12.2 Å². The van der Waals surface area contributed by atoms with Gasteiger partial charge in [-0.15, -0.1) is 0 Å². The van der Waals surface area contributed by atoms with E-state index in [2.05, 4.69) is 20.6 Å². The maximum atomic E-state index is 11.1. The molecule has 1 saturated heterocycles. The number of rotatable bonds is 3. The molecule has 2 rings (SSSR count). The Balaban J connectivity index is 2.15. The average molecular weight is 251 g/mol. The standard InChI is InChI=1S/C10H13N5OS/c1-5-2-7(9(11)17)15-10(13-5)14-6-3-8(16)12-4-6/h2,6H,3-4H2,1H3,(H2,11,17)(H,12,16)(H,13,14,15). The van der Waals surface area contributed by atoms with E-state index in [1.54, 1.807) is 6.07 Å². The molecule has 6 nitrogen and oxygen atoms in total. The number of amides is 1. The first-order valence-corrected chi connectivity index (χ1v) is 5.64. The third-order valence-corrected chi connectivity index (χ3v) is 2.63. The second kappa shape index (κ2) is 4.62. The van der Waals surface area contributed by atoms with Crippen LogP contribution in [-0.4, -0.2) is 33.5 Å². The minimum absolute atomic E-state index is 0.0171. The van der Waals surface area contributed by atoms with E-state index in [-0.39, 0.29) is 16.9 Å². The molecular formula is C10H13N5OS. The van der Waals surface area contributed by atoms with Gasteiger partial charge in [0.1, 0.15) is 10.7 Å². The first-order chi connectivity index (χ1) is 8.04. The van der Waals surface area contributed by atoms with Gasteiger partial charge < -0.3 is 16.4 Å². The van der Waals surface area contributed by atoms with Gasteiger partial charge in [0.15, 0.2) is 0 Å². The molecule has 0 spiro atoms. The Morgan fingerprint density at radius 3 is 3.00 bits per heavy atom.